The molecule has 0 N–H and O–H groups in total. The van der Waals surface area contributed by atoms with Crippen molar-refractivity contribution in [1.29, 1.82) is 0 Å². The van der Waals surface area contributed by atoms with Crippen molar-refractivity contribution in [2.24, 2.45) is 0 Å². The second-order valence-electron chi connectivity index (χ2n) is 4.07. The maximum Gasteiger partial charge on any atom is 0.104 e. The predicted octanol–water partition coefficient (Wildman–Crippen LogP) is 4.68. The highest BCUT2D eigenvalue weighted by molar-refractivity contribution is 9.10. The van der Waals surface area contributed by atoms with Gasteiger partial charge in [0.25, 0.3) is 0 Å². The first kappa shape index (κ1) is 12.6. The Labute approximate surface area is 124 Å². The van der Waals surface area contributed by atoms with Crippen molar-refractivity contribution >= 4 is 38.7 Å². The molecule has 94 valence electrons. The first-order valence-corrected chi connectivity index (χ1v) is 7.68. The zero-order valence-corrected chi connectivity index (χ0v) is 12.5. The van der Waals surface area contributed by atoms with Gasteiger partial charge in [0.05, 0.1) is 0 Å². The second-order valence-corrected chi connectivity index (χ2v) is 5.94. The molecule has 0 saturated carbocycles. The number of thioether (sulfide) groups is 1. The monoisotopic (exact) mass is 330 g/mol. The van der Waals surface area contributed by atoms with Crippen LogP contribution >= 0.6 is 27.7 Å². The Kier molecular flexibility index (Phi) is 3.80. The van der Waals surface area contributed by atoms with E-state index in [0.717, 1.165) is 26.2 Å². The third kappa shape index (κ3) is 2.80. The van der Waals surface area contributed by atoms with Crippen molar-refractivity contribution in [2.75, 3.05) is 0 Å². The number of fused-ring (bicyclic) bond motifs is 1. The summed E-state index contributed by atoms with van der Waals surface area (Å²) < 4.78 is 0.986. The van der Waals surface area contributed by atoms with Gasteiger partial charge in [-0.1, -0.05) is 30.3 Å². The molecule has 0 bridgehead atoms. The lowest BCUT2D eigenvalue weighted by Gasteiger charge is -2.06. The molecule has 4 heteroatoms. The molecule has 2 nitrogen and oxygen atoms in total. The summed E-state index contributed by atoms with van der Waals surface area (Å²) in [5.41, 5.74) is 3.19. The van der Waals surface area contributed by atoms with Crippen molar-refractivity contribution < 1.29 is 0 Å². The van der Waals surface area contributed by atoms with E-state index in [9.17, 15) is 0 Å². The molecule has 0 spiro atoms. The van der Waals surface area contributed by atoms with Gasteiger partial charge in [0.1, 0.15) is 11.0 Å². The molecular formula is C15H11BrN2S. The molecule has 0 atom stereocenters. The number of benzene rings is 2. The van der Waals surface area contributed by atoms with Crippen LogP contribution in [0.15, 0.2) is 64.2 Å². The standard InChI is InChI=1S/C15H11BrN2S/c16-12-6-7-13(15-14(12)17-8-9-18-15)19-10-11-4-2-1-3-5-11/h1-9H,10H2. The molecule has 0 radical (unpaired) electrons. The Morgan fingerprint density at radius 3 is 2.42 bits per heavy atom. The average Bonchev–Trinajstić information content (AvgIpc) is 2.48. The quantitative estimate of drug-likeness (QED) is 0.652. The third-order valence-electron chi connectivity index (χ3n) is 2.78. The van der Waals surface area contributed by atoms with Gasteiger partial charge in [0.15, 0.2) is 0 Å². The van der Waals surface area contributed by atoms with Crippen LogP contribution in [0.25, 0.3) is 11.0 Å². The van der Waals surface area contributed by atoms with Crippen molar-refractivity contribution in [3.05, 3.63) is 64.9 Å². The molecule has 0 aliphatic carbocycles. The lowest BCUT2D eigenvalue weighted by molar-refractivity contribution is 1.25. The summed E-state index contributed by atoms with van der Waals surface area (Å²) in [6.45, 7) is 0. The molecule has 0 amide bonds. The normalized spacial score (nSPS) is 10.8. The zero-order chi connectivity index (χ0) is 13.1. The number of aromatic nitrogens is 2. The summed E-state index contributed by atoms with van der Waals surface area (Å²) in [6, 6.07) is 14.6. The number of rotatable bonds is 3. The highest BCUT2D eigenvalue weighted by Gasteiger charge is 2.07. The first-order chi connectivity index (χ1) is 9.34. The molecule has 1 aromatic heterocycles. The molecule has 0 unspecified atom stereocenters. The van der Waals surface area contributed by atoms with E-state index in [4.69, 9.17) is 0 Å². The fraction of sp³-hybridized carbons (Fsp3) is 0.0667. The number of halogens is 1. The van der Waals surface area contributed by atoms with E-state index in [2.05, 4.69) is 56.2 Å². The van der Waals surface area contributed by atoms with Crippen molar-refractivity contribution in [3.8, 4) is 0 Å². The van der Waals surface area contributed by atoms with Gasteiger partial charge in [-0.15, -0.1) is 11.8 Å². The van der Waals surface area contributed by atoms with Crippen molar-refractivity contribution in [2.45, 2.75) is 10.6 Å². The molecule has 3 rings (SSSR count). The third-order valence-corrected chi connectivity index (χ3v) is 4.53. The lowest BCUT2D eigenvalue weighted by Crippen LogP contribution is -1.87. The molecule has 3 aromatic rings. The molecule has 19 heavy (non-hydrogen) atoms. The van der Waals surface area contributed by atoms with Gasteiger partial charge < -0.3 is 0 Å². The van der Waals surface area contributed by atoms with Crippen molar-refractivity contribution in [1.82, 2.24) is 9.97 Å². The molecule has 0 fully saturated rings. The van der Waals surface area contributed by atoms with E-state index >= 15 is 0 Å². The predicted molar refractivity (Wildman–Crippen MR) is 83.2 cm³/mol. The number of nitrogens with zero attached hydrogens (tertiary/aromatic N) is 2. The topological polar surface area (TPSA) is 25.8 Å². The maximum atomic E-state index is 4.44. The van der Waals surface area contributed by atoms with Gasteiger partial charge in [0.2, 0.25) is 0 Å². The molecule has 0 aliphatic heterocycles. The molecule has 2 aromatic carbocycles. The number of hydrogen-bond acceptors (Lipinski definition) is 3. The summed E-state index contributed by atoms with van der Waals surface area (Å²) in [7, 11) is 0. The number of hydrogen-bond donors (Lipinski definition) is 0. The van der Waals surface area contributed by atoms with Crippen molar-refractivity contribution in [3.63, 3.8) is 0 Å². The Balaban J connectivity index is 1.91. The smallest absolute Gasteiger partial charge is 0.104 e. The molecule has 0 saturated heterocycles. The van der Waals surface area contributed by atoms with E-state index in [1.807, 2.05) is 12.1 Å². The Bertz CT molecular complexity index is 701. The van der Waals surface area contributed by atoms with Crippen LogP contribution in [0.3, 0.4) is 0 Å². The van der Waals surface area contributed by atoms with Crippen LogP contribution in [0.1, 0.15) is 5.56 Å². The SMILES string of the molecule is Brc1ccc(SCc2ccccc2)c2nccnc12. The zero-order valence-electron chi connectivity index (χ0n) is 10.1. The fourth-order valence-corrected chi connectivity index (χ4v) is 3.24. The van der Waals surface area contributed by atoms with Gasteiger partial charge >= 0.3 is 0 Å². The van der Waals surface area contributed by atoms with Crippen LogP contribution in [-0.4, -0.2) is 9.97 Å². The Morgan fingerprint density at radius 1 is 0.895 bits per heavy atom. The van der Waals surface area contributed by atoms with E-state index in [1.165, 1.54) is 5.56 Å². The van der Waals surface area contributed by atoms with Gasteiger partial charge in [-0.25, -0.2) is 0 Å². The maximum absolute atomic E-state index is 4.44. The van der Waals surface area contributed by atoms with Crippen LogP contribution in [0, 0.1) is 0 Å². The van der Waals surface area contributed by atoms with E-state index in [0.29, 0.717) is 0 Å². The highest BCUT2D eigenvalue weighted by Crippen LogP contribution is 2.31. The molecular weight excluding hydrogens is 320 g/mol. The second kappa shape index (κ2) is 5.72. The van der Waals surface area contributed by atoms with E-state index in [-0.39, 0.29) is 0 Å². The minimum absolute atomic E-state index is 0.917. The minimum atomic E-state index is 0.917. The minimum Gasteiger partial charge on any atom is -0.252 e. The van der Waals surface area contributed by atoms with Crippen LogP contribution in [0.4, 0.5) is 0 Å². The van der Waals surface area contributed by atoms with Crippen LogP contribution in [0.5, 0.6) is 0 Å². The van der Waals surface area contributed by atoms with Gasteiger partial charge in [-0.2, -0.15) is 0 Å². The highest BCUT2D eigenvalue weighted by atomic mass is 79.9. The van der Waals surface area contributed by atoms with Crippen LogP contribution in [0.2, 0.25) is 0 Å². The molecule has 1 heterocycles. The summed E-state index contributed by atoms with van der Waals surface area (Å²) in [5.74, 6) is 0.939. The summed E-state index contributed by atoms with van der Waals surface area (Å²) in [4.78, 5) is 9.98. The largest absolute Gasteiger partial charge is 0.252 e. The summed E-state index contributed by atoms with van der Waals surface area (Å²) >= 11 is 5.30. The summed E-state index contributed by atoms with van der Waals surface area (Å²) in [6.07, 6.45) is 3.46. The van der Waals surface area contributed by atoms with Gasteiger partial charge in [0, 0.05) is 27.5 Å². The Morgan fingerprint density at radius 2 is 1.63 bits per heavy atom. The Hall–Kier alpha value is -1.39. The van der Waals surface area contributed by atoms with Crippen LogP contribution < -0.4 is 0 Å². The fourth-order valence-electron chi connectivity index (χ4n) is 1.85. The van der Waals surface area contributed by atoms with Gasteiger partial charge in [-0.3, -0.25) is 9.97 Å². The average molecular weight is 331 g/mol. The lowest BCUT2D eigenvalue weighted by atomic mass is 10.2. The van der Waals surface area contributed by atoms with E-state index in [1.54, 1.807) is 24.2 Å². The van der Waals surface area contributed by atoms with Gasteiger partial charge in [-0.05, 0) is 33.6 Å². The molecule has 0 aliphatic rings. The van der Waals surface area contributed by atoms with Crippen LogP contribution in [-0.2, 0) is 5.75 Å². The summed E-state index contributed by atoms with van der Waals surface area (Å²) in [5, 5.41) is 0. The first-order valence-electron chi connectivity index (χ1n) is 5.90. The van der Waals surface area contributed by atoms with E-state index < -0.39 is 0 Å².